The van der Waals surface area contributed by atoms with Gasteiger partial charge in [-0.15, -0.1) is 0 Å². The van der Waals surface area contributed by atoms with E-state index in [4.69, 9.17) is 36.1 Å². The number of aliphatic hydroxyl groups excluding tert-OH is 1. The predicted octanol–water partition coefficient (Wildman–Crippen LogP) is -1.91. The maximum Gasteiger partial charge on any atom is 0.410 e. The van der Waals surface area contributed by atoms with Gasteiger partial charge in [-0.2, -0.15) is 0 Å². The Morgan fingerprint density at radius 3 is 2.62 bits per heavy atom. The van der Waals surface area contributed by atoms with E-state index in [2.05, 4.69) is 0 Å². The fourth-order valence-corrected chi connectivity index (χ4v) is 4.07. The highest BCUT2D eigenvalue weighted by Gasteiger charge is 2.59. The first-order chi connectivity index (χ1) is 12.3. The summed E-state index contributed by atoms with van der Waals surface area (Å²) in [5.41, 5.74) is 18.3. The third-order valence-electron chi connectivity index (χ3n) is 5.67. The summed E-state index contributed by atoms with van der Waals surface area (Å²) in [7, 11) is 3.05. The second-order valence-corrected chi connectivity index (χ2v) is 7.46. The monoisotopic (exact) mass is 374 g/mol. The molecule has 1 saturated carbocycles. The third-order valence-corrected chi connectivity index (χ3v) is 5.67. The van der Waals surface area contributed by atoms with Crippen LogP contribution in [0.1, 0.15) is 19.8 Å². The van der Waals surface area contributed by atoms with E-state index in [-0.39, 0.29) is 18.2 Å². The van der Waals surface area contributed by atoms with Crippen LogP contribution in [-0.2, 0) is 18.9 Å². The molecule has 7 N–H and O–H groups in total. The Morgan fingerprint density at radius 2 is 2.00 bits per heavy atom. The highest BCUT2D eigenvalue weighted by molar-refractivity contribution is 5.70. The van der Waals surface area contributed by atoms with Crippen LogP contribution in [0.15, 0.2) is 0 Å². The first-order valence-electron chi connectivity index (χ1n) is 8.98. The zero-order chi connectivity index (χ0) is 19.2. The van der Waals surface area contributed by atoms with Crippen molar-refractivity contribution < 1.29 is 28.8 Å². The van der Waals surface area contributed by atoms with E-state index in [0.29, 0.717) is 6.42 Å². The zero-order valence-electron chi connectivity index (χ0n) is 15.4. The summed E-state index contributed by atoms with van der Waals surface area (Å²) in [5, 5.41) is 10.6. The van der Waals surface area contributed by atoms with Crippen LogP contribution >= 0.6 is 0 Å². The Balaban J connectivity index is 1.80. The molecule has 10 atom stereocenters. The normalized spacial score (nSPS) is 47.4. The van der Waals surface area contributed by atoms with Crippen molar-refractivity contribution in [2.75, 3.05) is 14.2 Å². The molecule has 0 bridgehead atoms. The summed E-state index contributed by atoms with van der Waals surface area (Å²) in [6.07, 6.45) is -3.19. The van der Waals surface area contributed by atoms with Crippen LogP contribution in [0.5, 0.6) is 0 Å². The smallest absolute Gasteiger partial charge is 0.410 e. The van der Waals surface area contributed by atoms with E-state index in [0.717, 1.165) is 6.42 Å². The van der Waals surface area contributed by atoms with E-state index >= 15 is 0 Å². The number of hydrogen-bond acceptors (Lipinski definition) is 9. The van der Waals surface area contributed by atoms with E-state index < -0.39 is 48.9 Å². The highest BCUT2D eigenvalue weighted by Crippen LogP contribution is 2.36. The number of rotatable bonds is 4. The molecule has 0 unspecified atom stereocenters. The lowest BCUT2D eigenvalue weighted by molar-refractivity contribution is -0.258. The number of hydrogen-bond donors (Lipinski definition) is 4. The van der Waals surface area contributed by atoms with E-state index in [1.807, 2.05) is 6.92 Å². The first kappa shape index (κ1) is 19.7. The molecule has 0 aromatic heterocycles. The average Bonchev–Trinajstić information content (AvgIpc) is 2.89. The van der Waals surface area contributed by atoms with Crippen LogP contribution in [0.4, 0.5) is 4.79 Å². The maximum atomic E-state index is 12.1. The van der Waals surface area contributed by atoms with Crippen molar-refractivity contribution in [3.63, 3.8) is 0 Å². The van der Waals surface area contributed by atoms with Crippen LogP contribution in [0, 0.1) is 0 Å². The second kappa shape index (κ2) is 7.55. The summed E-state index contributed by atoms with van der Waals surface area (Å²) < 4.78 is 22.8. The van der Waals surface area contributed by atoms with Gasteiger partial charge in [-0.25, -0.2) is 4.79 Å². The zero-order valence-corrected chi connectivity index (χ0v) is 15.4. The minimum Gasteiger partial charge on any atom is -0.441 e. The van der Waals surface area contributed by atoms with Gasteiger partial charge in [0.1, 0.15) is 24.4 Å². The van der Waals surface area contributed by atoms with Gasteiger partial charge in [-0.1, -0.05) is 0 Å². The molecular formula is C16H30N4O6. The first-order valence-corrected chi connectivity index (χ1v) is 8.98. The molecule has 10 heteroatoms. The number of methoxy groups -OCH3 is 1. The molecule has 10 nitrogen and oxygen atoms in total. The van der Waals surface area contributed by atoms with Gasteiger partial charge in [0.05, 0.1) is 18.2 Å². The number of nitrogens with two attached hydrogens (primary N) is 3. The number of ether oxygens (including phenoxy) is 4. The van der Waals surface area contributed by atoms with Crippen molar-refractivity contribution in [3.05, 3.63) is 0 Å². The minimum absolute atomic E-state index is 0.166. The molecule has 2 saturated heterocycles. The molecule has 150 valence electrons. The Morgan fingerprint density at radius 1 is 1.31 bits per heavy atom. The van der Waals surface area contributed by atoms with Crippen molar-refractivity contribution in [2.45, 2.75) is 80.7 Å². The third kappa shape index (κ3) is 3.31. The van der Waals surface area contributed by atoms with Gasteiger partial charge in [0.15, 0.2) is 12.4 Å². The van der Waals surface area contributed by atoms with Crippen LogP contribution in [0.25, 0.3) is 0 Å². The summed E-state index contributed by atoms with van der Waals surface area (Å²) in [4.78, 5) is 13.5. The number of likely N-dealkylation sites (N-methyl/N-ethyl adjacent to an activating group) is 1. The Kier molecular flexibility index (Phi) is 5.73. The summed E-state index contributed by atoms with van der Waals surface area (Å²) in [6.45, 7) is 1.86. The van der Waals surface area contributed by atoms with Crippen LogP contribution in [-0.4, -0.2) is 91.2 Å². The number of carbonyl (C=O) groups excluding carboxylic acids is 1. The SMILES string of the molecule is CO[C@@H]1[C@@H](O)[C@H](N)[C@H](O[C@H]2O[C@H]([C@H](C)N)CC[C@H]2N)[C@H]2OC(=O)N(C)[C@@H]12. The Hall–Kier alpha value is -1.01. The molecule has 3 rings (SSSR count). The van der Waals surface area contributed by atoms with Crippen molar-refractivity contribution in [1.82, 2.24) is 4.90 Å². The van der Waals surface area contributed by atoms with Crippen molar-refractivity contribution in [1.29, 1.82) is 0 Å². The van der Waals surface area contributed by atoms with Gasteiger partial charge >= 0.3 is 6.09 Å². The number of aliphatic hydroxyl groups is 1. The van der Waals surface area contributed by atoms with E-state index in [1.54, 1.807) is 7.05 Å². The Labute approximate surface area is 152 Å². The molecule has 2 aliphatic heterocycles. The van der Waals surface area contributed by atoms with Gasteiger partial charge in [-0.3, -0.25) is 0 Å². The van der Waals surface area contributed by atoms with Crippen molar-refractivity contribution in [2.24, 2.45) is 17.2 Å². The molecule has 3 fully saturated rings. The molecule has 0 aromatic carbocycles. The fourth-order valence-electron chi connectivity index (χ4n) is 4.07. The maximum absolute atomic E-state index is 12.1. The number of carbonyl (C=O) groups is 1. The fraction of sp³-hybridized carbons (Fsp3) is 0.938. The summed E-state index contributed by atoms with van der Waals surface area (Å²) >= 11 is 0. The van der Waals surface area contributed by atoms with Gasteiger partial charge in [0, 0.05) is 20.2 Å². The largest absolute Gasteiger partial charge is 0.441 e. The van der Waals surface area contributed by atoms with Crippen molar-refractivity contribution >= 4 is 6.09 Å². The average molecular weight is 374 g/mol. The van der Waals surface area contributed by atoms with Gasteiger partial charge < -0.3 is 46.2 Å². The molecule has 1 aliphatic carbocycles. The van der Waals surface area contributed by atoms with E-state index in [1.165, 1.54) is 12.0 Å². The van der Waals surface area contributed by atoms with Crippen LogP contribution in [0.3, 0.4) is 0 Å². The minimum atomic E-state index is -1.03. The number of nitrogens with zero attached hydrogens (tertiary/aromatic N) is 1. The number of amides is 1. The van der Waals surface area contributed by atoms with E-state index in [9.17, 15) is 9.90 Å². The van der Waals surface area contributed by atoms with Gasteiger partial charge in [0.25, 0.3) is 0 Å². The quantitative estimate of drug-likeness (QED) is 0.441. The molecule has 2 heterocycles. The molecular weight excluding hydrogens is 344 g/mol. The van der Waals surface area contributed by atoms with Crippen LogP contribution in [0.2, 0.25) is 0 Å². The lowest BCUT2D eigenvalue weighted by Gasteiger charge is -2.46. The number of fused-ring (bicyclic) bond motifs is 1. The second-order valence-electron chi connectivity index (χ2n) is 7.46. The lowest BCUT2D eigenvalue weighted by Crippen LogP contribution is -2.69. The van der Waals surface area contributed by atoms with Crippen molar-refractivity contribution in [3.8, 4) is 0 Å². The summed E-state index contributed by atoms with van der Waals surface area (Å²) in [6, 6.07) is -1.87. The van der Waals surface area contributed by atoms with Crippen LogP contribution < -0.4 is 17.2 Å². The topological polar surface area (TPSA) is 156 Å². The molecule has 0 spiro atoms. The predicted molar refractivity (Wildman–Crippen MR) is 91.0 cm³/mol. The molecule has 1 amide bonds. The molecule has 0 radical (unpaired) electrons. The summed E-state index contributed by atoms with van der Waals surface area (Å²) in [5.74, 6) is 0. The molecule has 26 heavy (non-hydrogen) atoms. The standard InChI is InChI=1S/C16H30N4O6/c1-6(17)8-5-4-7(18)15(24-8)25-12-9(19)11(21)13(23-3)10-14(12)26-16(22)20(10)2/h6-15,21H,4-5,17-19H2,1-3H3/t6-,7+,8-,9-,10-,11-,12-,13-,14-,15+/m0/s1. The highest BCUT2D eigenvalue weighted by atomic mass is 16.7. The lowest BCUT2D eigenvalue weighted by atomic mass is 9.81. The van der Waals surface area contributed by atoms with Gasteiger partial charge in [0.2, 0.25) is 0 Å². The Bertz CT molecular complexity index is 523. The molecule has 0 aromatic rings. The van der Waals surface area contributed by atoms with Gasteiger partial charge in [-0.05, 0) is 19.8 Å². The molecule has 3 aliphatic rings.